The number of rotatable bonds is 4. The minimum atomic E-state index is 0.0300. The zero-order valence-electron chi connectivity index (χ0n) is 11.2. The predicted molar refractivity (Wildman–Crippen MR) is 72.1 cm³/mol. The van der Waals surface area contributed by atoms with E-state index < -0.39 is 0 Å². The quantitative estimate of drug-likeness (QED) is 0.769. The molecule has 2 amide bonds. The van der Waals surface area contributed by atoms with Crippen molar-refractivity contribution in [1.82, 2.24) is 15.1 Å². The third kappa shape index (κ3) is 3.71. The van der Waals surface area contributed by atoms with Crippen molar-refractivity contribution in [3.63, 3.8) is 0 Å². The van der Waals surface area contributed by atoms with Crippen molar-refractivity contribution in [2.24, 2.45) is 11.7 Å². The lowest BCUT2D eigenvalue weighted by atomic mass is 10.2. The van der Waals surface area contributed by atoms with Crippen molar-refractivity contribution in [3.8, 4) is 0 Å². The van der Waals surface area contributed by atoms with Crippen LogP contribution in [0.1, 0.15) is 19.8 Å². The van der Waals surface area contributed by atoms with Crippen LogP contribution in [0.2, 0.25) is 0 Å². The van der Waals surface area contributed by atoms with Crippen molar-refractivity contribution in [1.29, 1.82) is 0 Å². The van der Waals surface area contributed by atoms with Crippen molar-refractivity contribution >= 4 is 6.03 Å². The van der Waals surface area contributed by atoms with E-state index in [2.05, 4.69) is 17.1 Å². The van der Waals surface area contributed by atoms with Gasteiger partial charge in [-0.2, -0.15) is 0 Å². The molecule has 1 aliphatic carbocycles. The highest BCUT2D eigenvalue weighted by Gasteiger charge is 2.24. The lowest BCUT2D eigenvalue weighted by Crippen LogP contribution is -2.51. The molecule has 1 heterocycles. The molecule has 3 N–H and O–H groups in total. The van der Waals surface area contributed by atoms with Gasteiger partial charge in [-0.25, -0.2) is 4.79 Å². The smallest absolute Gasteiger partial charge is 0.321 e. The summed E-state index contributed by atoms with van der Waals surface area (Å²) in [6.07, 6.45) is 4.43. The van der Waals surface area contributed by atoms with Crippen LogP contribution in [0.15, 0.2) is 11.8 Å². The summed E-state index contributed by atoms with van der Waals surface area (Å²) in [6, 6.07) is 0.0300. The van der Waals surface area contributed by atoms with Gasteiger partial charge in [-0.3, -0.25) is 4.90 Å². The molecule has 0 radical (unpaired) electrons. The first-order valence-electron chi connectivity index (χ1n) is 6.85. The van der Waals surface area contributed by atoms with Crippen LogP contribution in [-0.4, -0.2) is 55.1 Å². The van der Waals surface area contributed by atoms with Crippen LogP contribution in [0.5, 0.6) is 0 Å². The lowest BCUT2D eigenvalue weighted by molar-refractivity contribution is 0.143. The van der Waals surface area contributed by atoms with E-state index >= 15 is 0 Å². The number of nitrogens with zero attached hydrogens (tertiary/aromatic N) is 2. The van der Waals surface area contributed by atoms with Gasteiger partial charge in [-0.1, -0.05) is 5.57 Å². The zero-order chi connectivity index (χ0) is 13.0. The molecule has 1 aliphatic heterocycles. The molecule has 1 saturated heterocycles. The van der Waals surface area contributed by atoms with Gasteiger partial charge >= 0.3 is 6.03 Å². The molecule has 2 rings (SSSR count). The summed E-state index contributed by atoms with van der Waals surface area (Å²) < 4.78 is 0. The summed E-state index contributed by atoms with van der Waals surface area (Å²) in [5.74, 6) is 0.715. The summed E-state index contributed by atoms with van der Waals surface area (Å²) in [4.78, 5) is 16.1. The minimum Gasteiger partial charge on any atom is -0.329 e. The number of allylic oxidation sites excluding steroid dienone is 1. The average Bonchev–Trinajstić information content (AvgIpc) is 3.21. The first kappa shape index (κ1) is 13.4. The molecule has 18 heavy (non-hydrogen) atoms. The molecule has 1 saturated carbocycles. The maximum atomic E-state index is 11.9. The van der Waals surface area contributed by atoms with Gasteiger partial charge in [0.2, 0.25) is 0 Å². The van der Waals surface area contributed by atoms with Crippen LogP contribution >= 0.6 is 0 Å². The Kier molecular flexibility index (Phi) is 4.60. The van der Waals surface area contributed by atoms with E-state index in [0.717, 1.165) is 32.7 Å². The first-order chi connectivity index (χ1) is 8.70. The Balaban J connectivity index is 1.71. The topological polar surface area (TPSA) is 61.6 Å². The van der Waals surface area contributed by atoms with E-state index in [1.54, 1.807) is 0 Å². The molecule has 102 valence electrons. The van der Waals surface area contributed by atoms with Crippen LogP contribution in [0.4, 0.5) is 4.79 Å². The molecule has 0 atom stereocenters. The van der Waals surface area contributed by atoms with Gasteiger partial charge in [0.15, 0.2) is 0 Å². The predicted octanol–water partition coefficient (Wildman–Crippen LogP) is 0.586. The highest BCUT2D eigenvalue weighted by atomic mass is 16.2. The lowest BCUT2D eigenvalue weighted by Gasteiger charge is -2.34. The van der Waals surface area contributed by atoms with Gasteiger partial charge in [0, 0.05) is 45.5 Å². The average molecular weight is 252 g/mol. The van der Waals surface area contributed by atoms with Crippen LogP contribution in [0.25, 0.3) is 0 Å². The minimum absolute atomic E-state index is 0.0300. The number of hydrogen-bond donors (Lipinski definition) is 2. The Labute approximate surface area is 109 Å². The van der Waals surface area contributed by atoms with Crippen molar-refractivity contribution < 1.29 is 4.79 Å². The van der Waals surface area contributed by atoms with Crippen LogP contribution in [-0.2, 0) is 0 Å². The Morgan fingerprint density at radius 3 is 2.56 bits per heavy atom. The Morgan fingerprint density at radius 1 is 1.33 bits per heavy atom. The highest BCUT2D eigenvalue weighted by molar-refractivity contribution is 5.75. The van der Waals surface area contributed by atoms with E-state index in [9.17, 15) is 4.79 Å². The number of carbonyl (C=O) groups is 1. The molecule has 0 aromatic carbocycles. The maximum Gasteiger partial charge on any atom is 0.321 e. The molecule has 2 fully saturated rings. The SMILES string of the molecule is C/C(=C\NC(=O)N1CCN(CCN)CC1)C1CC1. The third-order valence-electron chi connectivity index (χ3n) is 3.75. The van der Waals surface area contributed by atoms with E-state index in [0.29, 0.717) is 12.5 Å². The molecule has 0 unspecified atom stereocenters. The second-order valence-electron chi connectivity index (χ2n) is 5.23. The monoisotopic (exact) mass is 252 g/mol. The van der Waals surface area contributed by atoms with Crippen molar-refractivity contribution in [2.75, 3.05) is 39.3 Å². The Morgan fingerprint density at radius 2 is 2.00 bits per heavy atom. The second-order valence-corrected chi connectivity index (χ2v) is 5.23. The fraction of sp³-hybridized carbons (Fsp3) is 0.769. The van der Waals surface area contributed by atoms with E-state index in [4.69, 9.17) is 5.73 Å². The fourth-order valence-electron chi connectivity index (χ4n) is 2.28. The number of nitrogens with one attached hydrogen (secondary N) is 1. The van der Waals surface area contributed by atoms with Crippen molar-refractivity contribution in [3.05, 3.63) is 11.8 Å². The van der Waals surface area contributed by atoms with Gasteiger partial charge in [-0.05, 0) is 25.7 Å². The maximum absolute atomic E-state index is 11.9. The first-order valence-corrected chi connectivity index (χ1v) is 6.85. The van der Waals surface area contributed by atoms with Gasteiger partial charge < -0.3 is 16.0 Å². The number of urea groups is 1. The van der Waals surface area contributed by atoms with Gasteiger partial charge in [0.25, 0.3) is 0 Å². The number of carbonyl (C=O) groups excluding carboxylic acids is 1. The fourth-order valence-corrected chi connectivity index (χ4v) is 2.28. The molecule has 2 aliphatic rings. The van der Waals surface area contributed by atoms with Crippen molar-refractivity contribution in [2.45, 2.75) is 19.8 Å². The number of nitrogens with two attached hydrogens (primary N) is 1. The summed E-state index contributed by atoms with van der Waals surface area (Å²) in [5.41, 5.74) is 6.82. The molecular formula is C13H24N4O. The van der Waals surface area contributed by atoms with Crippen LogP contribution in [0.3, 0.4) is 0 Å². The van der Waals surface area contributed by atoms with E-state index in [1.807, 2.05) is 11.1 Å². The largest absolute Gasteiger partial charge is 0.329 e. The summed E-state index contributed by atoms with van der Waals surface area (Å²) in [5, 5.41) is 2.90. The highest BCUT2D eigenvalue weighted by Crippen LogP contribution is 2.35. The molecule has 0 spiro atoms. The summed E-state index contributed by atoms with van der Waals surface area (Å²) in [6.45, 7) is 7.15. The molecule has 5 heteroatoms. The van der Waals surface area contributed by atoms with Crippen LogP contribution < -0.4 is 11.1 Å². The number of hydrogen-bond acceptors (Lipinski definition) is 3. The molecular weight excluding hydrogens is 228 g/mol. The van der Waals surface area contributed by atoms with Crippen LogP contribution in [0, 0.1) is 5.92 Å². The van der Waals surface area contributed by atoms with Gasteiger partial charge in [0.1, 0.15) is 0 Å². The molecule has 0 aromatic rings. The molecule has 0 aromatic heterocycles. The third-order valence-corrected chi connectivity index (χ3v) is 3.75. The summed E-state index contributed by atoms with van der Waals surface area (Å²) in [7, 11) is 0. The van der Waals surface area contributed by atoms with Gasteiger partial charge in [-0.15, -0.1) is 0 Å². The normalized spacial score (nSPS) is 22.1. The number of piperazine rings is 1. The number of amides is 2. The molecule has 0 bridgehead atoms. The Bertz CT molecular complexity index is 317. The molecule has 5 nitrogen and oxygen atoms in total. The van der Waals surface area contributed by atoms with Gasteiger partial charge in [0.05, 0.1) is 0 Å². The standard InChI is InChI=1S/C13H24N4O/c1-11(12-2-3-12)10-15-13(18)17-8-6-16(5-4-14)7-9-17/h10,12H,2-9,14H2,1H3,(H,15,18)/b11-10+. The summed E-state index contributed by atoms with van der Waals surface area (Å²) >= 11 is 0. The zero-order valence-corrected chi connectivity index (χ0v) is 11.2. The Hall–Kier alpha value is -1.07. The second kappa shape index (κ2) is 6.20. The van der Waals surface area contributed by atoms with E-state index in [1.165, 1.54) is 18.4 Å². The van der Waals surface area contributed by atoms with E-state index in [-0.39, 0.29) is 6.03 Å².